The van der Waals surface area contributed by atoms with Crippen molar-refractivity contribution in [1.29, 1.82) is 0 Å². The third kappa shape index (κ3) is 4.41. The van der Waals surface area contributed by atoms with E-state index in [0.29, 0.717) is 6.42 Å². The van der Waals surface area contributed by atoms with Crippen LogP contribution in [0.3, 0.4) is 0 Å². The van der Waals surface area contributed by atoms with Crippen LogP contribution < -0.4 is 5.32 Å². The summed E-state index contributed by atoms with van der Waals surface area (Å²) in [4.78, 5) is 21.9. The Labute approximate surface area is 106 Å². The third-order valence-corrected chi connectivity index (χ3v) is 2.42. The van der Waals surface area contributed by atoms with Gasteiger partial charge in [0.2, 0.25) is 5.91 Å². The van der Waals surface area contributed by atoms with Gasteiger partial charge in [0.15, 0.2) is 0 Å². The minimum atomic E-state index is -0.979. The summed E-state index contributed by atoms with van der Waals surface area (Å²) in [6.45, 7) is 3.83. The molecule has 18 heavy (non-hydrogen) atoms. The zero-order valence-corrected chi connectivity index (χ0v) is 10.6. The maximum atomic E-state index is 11.5. The van der Waals surface area contributed by atoms with E-state index in [2.05, 4.69) is 5.32 Å². The summed E-state index contributed by atoms with van der Waals surface area (Å²) in [5, 5.41) is 11.4. The molecule has 1 aromatic rings. The fourth-order valence-electron chi connectivity index (χ4n) is 1.54. The van der Waals surface area contributed by atoms with Gasteiger partial charge in [0.05, 0.1) is 0 Å². The third-order valence-electron chi connectivity index (χ3n) is 2.42. The van der Waals surface area contributed by atoms with E-state index < -0.39 is 5.97 Å². The topological polar surface area (TPSA) is 66.4 Å². The van der Waals surface area contributed by atoms with E-state index in [9.17, 15) is 9.59 Å². The van der Waals surface area contributed by atoms with Crippen LogP contribution in [-0.4, -0.2) is 17.0 Å². The number of aryl methyl sites for hydroxylation is 1. The molecule has 0 spiro atoms. The summed E-state index contributed by atoms with van der Waals surface area (Å²) in [5.74, 6) is -0.984. The largest absolute Gasteiger partial charge is 0.478 e. The summed E-state index contributed by atoms with van der Waals surface area (Å²) in [6, 6.07) is 5.39. The normalized spacial score (nSPS) is 10.6. The van der Waals surface area contributed by atoms with Crippen LogP contribution in [0.2, 0.25) is 0 Å². The van der Waals surface area contributed by atoms with Crippen LogP contribution in [0.4, 0.5) is 5.69 Å². The van der Waals surface area contributed by atoms with Crippen molar-refractivity contribution in [3.63, 3.8) is 0 Å². The first kappa shape index (κ1) is 14.0. The number of rotatable bonds is 5. The molecule has 0 unspecified atom stereocenters. The maximum Gasteiger partial charge on any atom is 0.328 e. The van der Waals surface area contributed by atoms with Crippen molar-refractivity contribution in [2.75, 3.05) is 5.32 Å². The molecular weight excluding hydrogens is 230 g/mol. The highest BCUT2D eigenvalue weighted by atomic mass is 16.4. The number of benzene rings is 1. The van der Waals surface area contributed by atoms with E-state index >= 15 is 0 Å². The number of hydrogen-bond donors (Lipinski definition) is 2. The lowest BCUT2D eigenvalue weighted by Crippen LogP contribution is -2.11. The number of carbonyl (C=O) groups is 2. The van der Waals surface area contributed by atoms with Crippen molar-refractivity contribution in [1.82, 2.24) is 0 Å². The van der Waals surface area contributed by atoms with Gasteiger partial charge in [-0.3, -0.25) is 4.79 Å². The Morgan fingerprint density at radius 2 is 2.11 bits per heavy atom. The SMILES string of the molecule is CCCC(=O)Nc1ccc(C=CC(=O)O)cc1C. The fraction of sp³-hybridized carbons (Fsp3) is 0.286. The first-order chi connectivity index (χ1) is 8.52. The van der Waals surface area contributed by atoms with Crippen LogP contribution in [0, 0.1) is 6.92 Å². The highest BCUT2D eigenvalue weighted by Crippen LogP contribution is 2.17. The van der Waals surface area contributed by atoms with Gasteiger partial charge < -0.3 is 10.4 Å². The predicted molar refractivity (Wildman–Crippen MR) is 71.4 cm³/mol. The molecule has 0 aliphatic rings. The summed E-state index contributed by atoms with van der Waals surface area (Å²) in [6.07, 6.45) is 3.92. The molecule has 0 fully saturated rings. The number of carbonyl (C=O) groups excluding carboxylic acids is 1. The standard InChI is InChI=1S/C14H17NO3/c1-3-4-13(16)15-12-7-5-11(9-10(12)2)6-8-14(17)18/h5-9H,3-4H2,1-2H3,(H,15,16)(H,17,18). The molecule has 0 radical (unpaired) electrons. The van der Waals surface area contributed by atoms with Gasteiger partial charge in [0.1, 0.15) is 0 Å². The molecule has 1 aromatic carbocycles. The predicted octanol–water partition coefficient (Wildman–Crippen LogP) is 2.83. The van der Waals surface area contributed by atoms with Gasteiger partial charge in [-0.2, -0.15) is 0 Å². The second-order valence-electron chi connectivity index (χ2n) is 4.04. The van der Waals surface area contributed by atoms with Crippen LogP contribution in [0.15, 0.2) is 24.3 Å². The monoisotopic (exact) mass is 247 g/mol. The Balaban J connectivity index is 2.79. The minimum Gasteiger partial charge on any atom is -0.478 e. The zero-order chi connectivity index (χ0) is 13.5. The number of carboxylic acids is 1. The van der Waals surface area contributed by atoms with E-state index in [1.54, 1.807) is 12.1 Å². The second kappa shape index (κ2) is 6.59. The van der Waals surface area contributed by atoms with Gasteiger partial charge in [-0.15, -0.1) is 0 Å². The zero-order valence-electron chi connectivity index (χ0n) is 10.6. The van der Waals surface area contributed by atoms with Crippen LogP contribution in [0.25, 0.3) is 6.08 Å². The molecular formula is C14H17NO3. The molecule has 0 aliphatic carbocycles. The van der Waals surface area contributed by atoms with E-state index in [0.717, 1.165) is 29.3 Å². The van der Waals surface area contributed by atoms with Crippen molar-refractivity contribution in [3.8, 4) is 0 Å². The maximum absolute atomic E-state index is 11.5. The van der Waals surface area contributed by atoms with Crippen LogP contribution in [0.5, 0.6) is 0 Å². The van der Waals surface area contributed by atoms with E-state index in [1.165, 1.54) is 6.08 Å². The summed E-state index contributed by atoms with van der Waals surface area (Å²) < 4.78 is 0. The molecule has 0 saturated heterocycles. The molecule has 0 bridgehead atoms. The van der Waals surface area contributed by atoms with Crippen LogP contribution >= 0.6 is 0 Å². The Morgan fingerprint density at radius 3 is 2.67 bits per heavy atom. The highest BCUT2D eigenvalue weighted by Gasteiger charge is 2.03. The van der Waals surface area contributed by atoms with Crippen molar-refractivity contribution >= 4 is 23.6 Å². The van der Waals surface area contributed by atoms with Crippen molar-refractivity contribution in [2.45, 2.75) is 26.7 Å². The Bertz CT molecular complexity index is 478. The van der Waals surface area contributed by atoms with E-state index in [4.69, 9.17) is 5.11 Å². The molecule has 0 saturated carbocycles. The van der Waals surface area contributed by atoms with Gasteiger partial charge in [0, 0.05) is 18.2 Å². The Kier molecular flexibility index (Phi) is 5.11. The second-order valence-corrected chi connectivity index (χ2v) is 4.04. The summed E-state index contributed by atoms with van der Waals surface area (Å²) in [5.41, 5.74) is 2.47. The van der Waals surface area contributed by atoms with E-state index in [-0.39, 0.29) is 5.91 Å². The number of aliphatic carboxylic acids is 1. The molecule has 0 heterocycles. The fourth-order valence-corrected chi connectivity index (χ4v) is 1.54. The van der Waals surface area contributed by atoms with Crippen LogP contribution in [-0.2, 0) is 9.59 Å². The molecule has 1 amide bonds. The molecule has 2 N–H and O–H groups in total. The molecule has 0 aromatic heterocycles. The highest BCUT2D eigenvalue weighted by molar-refractivity contribution is 5.91. The number of hydrogen-bond acceptors (Lipinski definition) is 2. The average molecular weight is 247 g/mol. The van der Waals surface area contributed by atoms with Gasteiger partial charge >= 0.3 is 5.97 Å². The minimum absolute atomic E-state index is 0.00516. The Morgan fingerprint density at radius 1 is 1.39 bits per heavy atom. The van der Waals surface area contributed by atoms with Crippen molar-refractivity contribution in [2.24, 2.45) is 0 Å². The summed E-state index contributed by atoms with van der Waals surface area (Å²) >= 11 is 0. The Hall–Kier alpha value is -2.10. The summed E-state index contributed by atoms with van der Waals surface area (Å²) in [7, 11) is 0. The van der Waals surface area contributed by atoms with Gasteiger partial charge in [0.25, 0.3) is 0 Å². The number of nitrogens with one attached hydrogen (secondary N) is 1. The molecule has 1 rings (SSSR count). The van der Waals surface area contributed by atoms with Crippen molar-refractivity contribution < 1.29 is 14.7 Å². The number of amides is 1. The lowest BCUT2D eigenvalue weighted by atomic mass is 10.1. The van der Waals surface area contributed by atoms with Gasteiger partial charge in [-0.25, -0.2) is 4.79 Å². The molecule has 96 valence electrons. The molecule has 0 aliphatic heterocycles. The molecule has 4 heteroatoms. The van der Waals surface area contributed by atoms with Crippen LogP contribution in [0.1, 0.15) is 30.9 Å². The smallest absolute Gasteiger partial charge is 0.328 e. The first-order valence-corrected chi connectivity index (χ1v) is 5.84. The average Bonchev–Trinajstić information content (AvgIpc) is 2.30. The number of carboxylic acid groups (broad SMARTS) is 1. The van der Waals surface area contributed by atoms with Gasteiger partial charge in [-0.05, 0) is 42.7 Å². The lowest BCUT2D eigenvalue weighted by Gasteiger charge is -2.08. The van der Waals surface area contributed by atoms with Crippen molar-refractivity contribution in [3.05, 3.63) is 35.4 Å². The molecule has 4 nitrogen and oxygen atoms in total. The van der Waals surface area contributed by atoms with E-state index in [1.807, 2.05) is 19.9 Å². The lowest BCUT2D eigenvalue weighted by molar-refractivity contribution is -0.131. The number of anilines is 1. The molecule has 0 atom stereocenters. The van der Waals surface area contributed by atoms with Gasteiger partial charge in [-0.1, -0.05) is 13.0 Å². The first-order valence-electron chi connectivity index (χ1n) is 5.84. The quantitative estimate of drug-likeness (QED) is 0.786.